The van der Waals surface area contributed by atoms with Crippen LogP contribution >= 0.6 is 11.6 Å². The van der Waals surface area contributed by atoms with Crippen molar-refractivity contribution in [2.45, 2.75) is 19.6 Å². The Morgan fingerprint density at radius 3 is 2.62 bits per heavy atom. The van der Waals surface area contributed by atoms with Crippen LogP contribution in [-0.4, -0.2) is 27.2 Å². The standard InChI is InChI=1S/C19H25ClN2O2/c1-21-9-4-10-22-13-15-7-8-18(19(12-15)23-2)24-14-16-5-3-6-17(20)11-16/h3,5-8,11-12,21-22H,4,9-10,13-14H2,1-2H3. The molecule has 0 unspecified atom stereocenters. The number of halogens is 1. The predicted octanol–water partition coefficient (Wildman–Crippen LogP) is 3.63. The van der Waals surface area contributed by atoms with Gasteiger partial charge in [-0.05, 0) is 62.0 Å². The normalized spacial score (nSPS) is 10.6. The quantitative estimate of drug-likeness (QED) is 0.643. The minimum atomic E-state index is 0.457. The molecule has 2 N–H and O–H groups in total. The first-order valence-electron chi connectivity index (χ1n) is 8.12. The summed E-state index contributed by atoms with van der Waals surface area (Å²) < 4.78 is 11.3. The van der Waals surface area contributed by atoms with Crippen LogP contribution in [0.1, 0.15) is 17.5 Å². The number of ether oxygens (including phenoxy) is 2. The minimum absolute atomic E-state index is 0.457. The van der Waals surface area contributed by atoms with Gasteiger partial charge in [-0.25, -0.2) is 0 Å². The van der Waals surface area contributed by atoms with Crippen LogP contribution in [0.5, 0.6) is 11.5 Å². The first-order chi connectivity index (χ1) is 11.7. The molecular weight excluding hydrogens is 324 g/mol. The maximum atomic E-state index is 5.99. The average molecular weight is 349 g/mol. The predicted molar refractivity (Wildman–Crippen MR) is 99.0 cm³/mol. The van der Waals surface area contributed by atoms with Crippen molar-refractivity contribution in [2.75, 3.05) is 27.2 Å². The number of methoxy groups -OCH3 is 1. The molecule has 2 rings (SSSR count). The fourth-order valence-electron chi connectivity index (χ4n) is 2.35. The van der Waals surface area contributed by atoms with Gasteiger partial charge >= 0.3 is 0 Å². The number of nitrogens with one attached hydrogen (secondary N) is 2. The first kappa shape index (κ1) is 18.6. The summed E-state index contributed by atoms with van der Waals surface area (Å²) in [6, 6.07) is 13.7. The van der Waals surface area contributed by atoms with E-state index in [4.69, 9.17) is 21.1 Å². The van der Waals surface area contributed by atoms with Crippen molar-refractivity contribution in [1.29, 1.82) is 0 Å². The molecule has 0 saturated carbocycles. The van der Waals surface area contributed by atoms with Gasteiger partial charge in [0, 0.05) is 11.6 Å². The van der Waals surface area contributed by atoms with Crippen LogP contribution in [0.15, 0.2) is 42.5 Å². The summed E-state index contributed by atoms with van der Waals surface area (Å²) in [5, 5.41) is 7.27. The second-order valence-corrected chi connectivity index (χ2v) is 5.97. The van der Waals surface area contributed by atoms with Crippen molar-refractivity contribution in [3.05, 3.63) is 58.6 Å². The topological polar surface area (TPSA) is 42.5 Å². The summed E-state index contributed by atoms with van der Waals surface area (Å²) in [4.78, 5) is 0. The molecule has 2 aromatic carbocycles. The van der Waals surface area contributed by atoms with E-state index in [1.807, 2.05) is 43.4 Å². The van der Waals surface area contributed by atoms with Crippen LogP contribution in [0.2, 0.25) is 5.02 Å². The van der Waals surface area contributed by atoms with Crippen molar-refractivity contribution >= 4 is 11.6 Å². The van der Waals surface area contributed by atoms with Crippen LogP contribution in [0.25, 0.3) is 0 Å². The third-order valence-corrected chi connectivity index (χ3v) is 3.86. The lowest BCUT2D eigenvalue weighted by atomic mass is 10.2. The lowest BCUT2D eigenvalue weighted by Crippen LogP contribution is -2.19. The Hall–Kier alpha value is -1.75. The molecule has 0 heterocycles. The summed E-state index contributed by atoms with van der Waals surface area (Å²) in [6.07, 6.45) is 1.11. The Balaban J connectivity index is 1.91. The second-order valence-electron chi connectivity index (χ2n) is 5.54. The number of rotatable bonds is 10. The zero-order valence-corrected chi connectivity index (χ0v) is 15.0. The Morgan fingerprint density at radius 2 is 1.88 bits per heavy atom. The van der Waals surface area contributed by atoms with Crippen LogP contribution in [0.4, 0.5) is 0 Å². The maximum Gasteiger partial charge on any atom is 0.161 e. The van der Waals surface area contributed by atoms with Crippen molar-refractivity contribution in [3.63, 3.8) is 0 Å². The van der Waals surface area contributed by atoms with E-state index in [1.165, 1.54) is 5.56 Å². The molecule has 0 amide bonds. The van der Waals surface area contributed by atoms with Gasteiger partial charge < -0.3 is 20.1 Å². The molecule has 0 fully saturated rings. The van der Waals surface area contributed by atoms with E-state index in [9.17, 15) is 0 Å². The first-order valence-corrected chi connectivity index (χ1v) is 8.50. The van der Waals surface area contributed by atoms with Gasteiger partial charge in [0.15, 0.2) is 11.5 Å². The van der Waals surface area contributed by atoms with Crippen molar-refractivity contribution in [1.82, 2.24) is 10.6 Å². The van der Waals surface area contributed by atoms with Gasteiger partial charge in [-0.15, -0.1) is 0 Å². The molecule has 0 aliphatic carbocycles. The Morgan fingerprint density at radius 1 is 1.00 bits per heavy atom. The molecule has 0 spiro atoms. The molecule has 0 aromatic heterocycles. The van der Waals surface area contributed by atoms with Crippen LogP contribution in [-0.2, 0) is 13.2 Å². The number of hydrogen-bond acceptors (Lipinski definition) is 4. The molecule has 0 aliphatic rings. The van der Waals surface area contributed by atoms with E-state index in [0.717, 1.165) is 43.1 Å². The fraction of sp³-hybridized carbons (Fsp3) is 0.368. The molecule has 4 nitrogen and oxygen atoms in total. The van der Waals surface area contributed by atoms with Gasteiger partial charge in [0.1, 0.15) is 6.61 Å². The minimum Gasteiger partial charge on any atom is -0.493 e. The summed E-state index contributed by atoms with van der Waals surface area (Å²) in [6.45, 7) is 3.27. The van der Waals surface area contributed by atoms with E-state index >= 15 is 0 Å². The van der Waals surface area contributed by atoms with E-state index < -0.39 is 0 Å². The third-order valence-electron chi connectivity index (χ3n) is 3.62. The van der Waals surface area contributed by atoms with E-state index in [-0.39, 0.29) is 0 Å². The van der Waals surface area contributed by atoms with E-state index in [2.05, 4.69) is 16.7 Å². The molecular formula is C19H25ClN2O2. The van der Waals surface area contributed by atoms with Gasteiger partial charge in [0.25, 0.3) is 0 Å². The lowest BCUT2D eigenvalue weighted by Gasteiger charge is -2.13. The maximum absolute atomic E-state index is 5.99. The van der Waals surface area contributed by atoms with Crippen LogP contribution in [0, 0.1) is 0 Å². The van der Waals surface area contributed by atoms with Crippen LogP contribution < -0.4 is 20.1 Å². The smallest absolute Gasteiger partial charge is 0.161 e. The molecule has 0 atom stereocenters. The zero-order valence-electron chi connectivity index (χ0n) is 14.3. The molecule has 130 valence electrons. The van der Waals surface area contributed by atoms with Gasteiger partial charge in [0.05, 0.1) is 7.11 Å². The van der Waals surface area contributed by atoms with Crippen LogP contribution in [0.3, 0.4) is 0 Å². The van der Waals surface area contributed by atoms with Crippen molar-refractivity contribution in [2.24, 2.45) is 0 Å². The average Bonchev–Trinajstić information content (AvgIpc) is 2.60. The largest absolute Gasteiger partial charge is 0.493 e. The molecule has 0 bridgehead atoms. The van der Waals surface area contributed by atoms with E-state index in [0.29, 0.717) is 11.6 Å². The third kappa shape index (κ3) is 6.04. The Kier molecular flexibility index (Phi) is 7.89. The monoisotopic (exact) mass is 348 g/mol. The highest BCUT2D eigenvalue weighted by Gasteiger charge is 2.06. The molecule has 0 saturated heterocycles. The summed E-state index contributed by atoms with van der Waals surface area (Å²) in [5.74, 6) is 1.47. The van der Waals surface area contributed by atoms with Gasteiger partial charge in [-0.2, -0.15) is 0 Å². The Bertz CT molecular complexity index is 635. The molecule has 0 radical (unpaired) electrons. The van der Waals surface area contributed by atoms with Gasteiger partial charge in [-0.3, -0.25) is 0 Å². The van der Waals surface area contributed by atoms with Gasteiger partial charge in [-0.1, -0.05) is 29.8 Å². The summed E-state index contributed by atoms with van der Waals surface area (Å²) >= 11 is 5.99. The fourth-order valence-corrected chi connectivity index (χ4v) is 2.56. The van der Waals surface area contributed by atoms with Gasteiger partial charge in [0.2, 0.25) is 0 Å². The summed E-state index contributed by atoms with van der Waals surface area (Å²) in [5.41, 5.74) is 2.20. The molecule has 0 aliphatic heterocycles. The second kappa shape index (κ2) is 10.2. The molecule has 5 heteroatoms. The van der Waals surface area contributed by atoms with Crippen molar-refractivity contribution in [3.8, 4) is 11.5 Å². The molecule has 2 aromatic rings. The highest BCUT2D eigenvalue weighted by atomic mass is 35.5. The van der Waals surface area contributed by atoms with Crippen molar-refractivity contribution < 1.29 is 9.47 Å². The van der Waals surface area contributed by atoms with E-state index in [1.54, 1.807) is 7.11 Å². The summed E-state index contributed by atoms with van der Waals surface area (Å²) in [7, 11) is 3.62. The number of hydrogen-bond donors (Lipinski definition) is 2. The molecule has 24 heavy (non-hydrogen) atoms. The zero-order chi connectivity index (χ0) is 17.2. The Labute approximate surface area is 149 Å². The highest BCUT2D eigenvalue weighted by Crippen LogP contribution is 2.29. The SMILES string of the molecule is CNCCCNCc1ccc(OCc2cccc(Cl)c2)c(OC)c1. The highest BCUT2D eigenvalue weighted by molar-refractivity contribution is 6.30. The lowest BCUT2D eigenvalue weighted by molar-refractivity contribution is 0.284. The number of benzene rings is 2.